The summed E-state index contributed by atoms with van der Waals surface area (Å²) in [6.45, 7) is 7.45. The second-order valence-electron chi connectivity index (χ2n) is 9.12. The van der Waals surface area contributed by atoms with E-state index >= 15 is 0 Å². The number of ether oxygens (including phenoxy) is 1. The highest BCUT2D eigenvalue weighted by Crippen LogP contribution is 2.38. The van der Waals surface area contributed by atoms with E-state index in [-0.39, 0.29) is 33.7 Å². The molecule has 0 saturated carbocycles. The average Bonchev–Trinajstić information content (AvgIpc) is 2.75. The molecule has 0 aliphatic rings. The Kier molecular flexibility index (Phi) is 8.37. The van der Waals surface area contributed by atoms with Crippen molar-refractivity contribution < 1.29 is 28.9 Å². The van der Waals surface area contributed by atoms with Gasteiger partial charge in [0.2, 0.25) is 0 Å². The maximum atomic E-state index is 14.5. The van der Waals surface area contributed by atoms with Crippen LogP contribution in [0.5, 0.6) is 17.2 Å². The minimum atomic E-state index is -1.18. The number of carboxylic acid groups (broad SMARTS) is 1. The summed E-state index contributed by atoms with van der Waals surface area (Å²) < 4.78 is 23.5. The first-order valence-electron chi connectivity index (χ1n) is 10.9. The third kappa shape index (κ3) is 7.29. The molecular formula is C26H26ClFN2O5S. The summed E-state index contributed by atoms with van der Waals surface area (Å²) in [6.07, 6.45) is -0.515. The van der Waals surface area contributed by atoms with E-state index in [1.54, 1.807) is 36.4 Å². The first kappa shape index (κ1) is 27.2. The summed E-state index contributed by atoms with van der Waals surface area (Å²) in [5, 5.41) is 21.6. The fourth-order valence-corrected chi connectivity index (χ4v) is 4.14. The number of nitrogens with one attached hydrogen (secondary N) is 2. The van der Waals surface area contributed by atoms with Gasteiger partial charge < -0.3 is 25.0 Å². The van der Waals surface area contributed by atoms with Gasteiger partial charge in [-0.2, -0.15) is 0 Å². The molecule has 0 heterocycles. The number of carboxylic acids is 1. The first-order chi connectivity index (χ1) is 16.8. The number of amides is 1. The predicted molar refractivity (Wildman–Crippen MR) is 139 cm³/mol. The third-order valence-corrected chi connectivity index (χ3v) is 6.12. The van der Waals surface area contributed by atoms with Crippen molar-refractivity contribution in [2.24, 2.45) is 0 Å². The van der Waals surface area contributed by atoms with Gasteiger partial charge in [-0.1, -0.05) is 11.6 Å². The van der Waals surface area contributed by atoms with Crippen molar-refractivity contribution in [2.75, 3.05) is 4.72 Å². The average molecular weight is 533 g/mol. The van der Waals surface area contributed by atoms with Crippen LogP contribution in [0.1, 0.15) is 42.3 Å². The van der Waals surface area contributed by atoms with Crippen LogP contribution < -0.4 is 14.8 Å². The second-order valence-corrected chi connectivity index (χ2v) is 10.4. The number of hydrogen-bond acceptors (Lipinski definition) is 6. The monoisotopic (exact) mass is 532 g/mol. The van der Waals surface area contributed by atoms with Crippen molar-refractivity contribution in [1.29, 1.82) is 0 Å². The third-order valence-electron chi connectivity index (χ3n) is 4.82. The van der Waals surface area contributed by atoms with Crippen LogP contribution in [0.4, 0.5) is 10.1 Å². The van der Waals surface area contributed by atoms with Gasteiger partial charge in [-0.25, -0.2) is 4.39 Å². The number of phenols is 1. The van der Waals surface area contributed by atoms with E-state index in [9.17, 15) is 19.1 Å². The molecule has 190 valence electrons. The molecule has 0 bridgehead atoms. The fourth-order valence-electron chi connectivity index (χ4n) is 3.18. The summed E-state index contributed by atoms with van der Waals surface area (Å²) in [5.74, 6) is -1.84. The van der Waals surface area contributed by atoms with Crippen molar-refractivity contribution in [1.82, 2.24) is 5.32 Å². The Hall–Kier alpha value is -3.43. The number of carbonyl (C=O) groups is 2. The van der Waals surface area contributed by atoms with E-state index in [1.807, 2.05) is 27.7 Å². The number of anilines is 1. The maximum absolute atomic E-state index is 14.5. The topological polar surface area (TPSA) is 108 Å². The smallest absolute Gasteiger partial charge is 0.307 e. The van der Waals surface area contributed by atoms with Crippen LogP contribution in [0.15, 0.2) is 53.4 Å². The SMILES string of the molecule is Cc1cc(O)ccc1SNc1cc(C(=O)NC(C)(C)C)ccc1Oc1cc(F)c(CC(=O)O)cc1Cl. The first-order valence-corrected chi connectivity index (χ1v) is 12.1. The molecule has 10 heteroatoms. The molecule has 3 rings (SSSR count). The zero-order valence-electron chi connectivity index (χ0n) is 20.1. The van der Waals surface area contributed by atoms with E-state index in [0.29, 0.717) is 11.3 Å². The Labute approximate surface area is 217 Å². The number of halogens is 2. The number of rotatable bonds is 8. The maximum Gasteiger partial charge on any atom is 0.307 e. The molecule has 3 aromatic carbocycles. The molecule has 0 fully saturated rings. The van der Waals surface area contributed by atoms with Crippen molar-refractivity contribution >= 4 is 41.1 Å². The Morgan fingerprint density at radius 1 is 1.08 bits per heavy atom. The Bertz CT molecular complexity index is 1310. The zero-order valence-corrected chi connectivity index (χ0v) is 21.7. The van der Waals surface area contributed by atoms with Crippen LogP contribution in [0.3, 0.4) is 0 Å². The molecule has 0 spiro atoms. The zero-order chi connectivity index (χ0) is 26.6. The van der Waals surface area contributed by atoms with Gasteiger partial charge in [-0.3, -0.25) is 9.59 Å². The number of carbonyl (C=O) groups excluding carboxylic acids is 1. The Balaban J connectivity index is 1.95. The summed E-state index contributed by atoms with van der Waals surface area (Å²) in [5.41, 5.74) is 1.11. The summed E-state index contributed by atoms with van der Waals surface area (Å²) in [7, 11) is 0. The van der Waals surface area contributed by atoms with E-state index in [1.165, 1.54) is 18.0 Å². The number of phenolic OH excluding ortho intramolecular Hbond substituents is 1. The van der Waals surface area contributed by atoms with Crippen LogP contribution in [-0.2, 0) is 11.2 Å². The van der Waals surface area contributed by atoms with E-state index in [0.717, 1.165) is 16.5 Å². The van der Waals surface area contributed by atoms with Gasteiger partial charge in [0.15, 0.2) is 5.75 Å². The van der Waals surface area contributed by atoms with Crippen LogP contribution in [-0.4, -0.2) is 27.6 Å². The highest BCUT2D eigenvalue weighted by atomic mass is 35.5. The van der Waals surface area contributed by atoms with Crippen LogP contribution in [0.2, 0.25) is 5.02 Å². The number of aliphatic carboxylic acids is 1. The molecule has 0 unspecified atom stereocenters. The molecule has 0 radical (unpaired) electrons. The number of aryl methyl sites for hydroxylation is 1. The Morgan fingerprint density at radius 2 is 1.81 bits per heavy atom. The molecule has 7 nitrogen and oxygen atoms in total. The molecular weight excluding hydrogens is 507 g/mol. The van der Waals surface area contributed by atoms with Gasteiger partial charge in [0.25, 0.3) is 5.91 Å². The molecule has 1 amide bonds. The minimum Gasteiger partial charge on any atom is -0.508 e. The van der Waals surface area contributed by atoms with Gasteiger partial charge in [-0.05, 0) is 87.7 Å². The van der Waals surface area contributed by atoms with Crippen molar-refractivity contribution in [3.05, 3.63) is 76.1 Å². The normalized spacial score (nSPS) is 11.2. The Morgan fingerprint density at radius 3 is 2.44 bits per heavy atom. The van der Waals surface area contributed by atoms with Gasteiger partial charge in [-0.15, -0.1) is 0 Å². The quantitative estimate of drug-likeness (QED) is 0.243. The number of benzene rings is 3. The molecule has 4 N–H and O–H groups in total. The fraction of sp³-hybridized carbons (Fsp3) is 0.231. The number of aromatic hydroxyl groups is 1. The molecule has 0 aliphatic heterocycles. The van der Waals surface area contributed by atoms with E-state index < -0.39 is 23.7 Å². The van der Waals surface area contributed by atoms with E-state index in [2.05, 4.69) is 10.0 Å². The highest BCUT2D eigenvalue weighted by Gasteiger charge is 2.19. The van der Waals surface area contributed by atoms with Crippen LogP contribution >= 0.6 is 23.5 Å². The molecule has 0 saturated heterocycles. The highest BCUT2D eigenvalue weighted by molar-refractivity contribution is 8.00. The van der Waals surface area contributed by atoms with Gasteiger partial charge >= 0.3 is 5.97 Å². The van der Waals surface area contributed by atoms with Crippen molar-refractivity contribution in [3.8, 4) is 17.2 Å². The summed E-state index contributed by atoms with van der Waals surface area (Å²) in [4.78, 5) is 24.5. The van der Waals surface area contributed by atoms with Crippen molar-refractivity contribution in [2.45, 2.75) is 44.6 Å². The lowest BCUT2D eigenvalue weighted by Gasteiger charge is -2.21. The molecule has 0 aliphatic carbocycles. The van der Waals surface area contributed by atoms with Crippen molar-refractivity contribution in [3.63, 3.8) is 0 Å². The number of hydrogen-bond donors (Lipinski definition) is 4. The standard InChI is InChI=1S/C26H26ClFN2O5S/c1-14-9-17(31)6-8-23(14)36-30-20-11-15(25(34)29-26(2,3)4)5-7-21(20)35-22-13-19(28)16(10-18(22)27)12-24(32)33/h5-11,13,30-31H,12H2,1-4H3,(H,29,34)(H,32,33). The molecule has 0 atom stereocenters. The summed E-state index contributed by atoms with van der Waals surface area (Å²) in [6, 6.07) is 11.9. The van der Waals surface area contributed by atoms with E-state index in [4.69, 9.17) is 21.4 Å². The van der Waals surface area contributed by atoms with Crippen LogP contribution in [0, 0.1) is 12.7 Å². The summed E-state index contributed by atoms with van der Waals surface area (Å²) >= 11 is 7.49. The molecule has 3 aromatic rings. The van der Waals surface area contributed by atoms with Crippen LogP contribution in [0.25, 0.3) is 0 Å². The molecule has 36 heavy (non-hydrogen) atoms. The second kappa shape index (κ2) is 11.1. The minimum absolute atomic E-state index is 0.0101. The van der Waals surface area contributed by atoms with Gasteiger partial charge in [0, 0.05) is 27.6 Å². The van der Waals surface area contributed by atoms with Gasteiger partial charge in [0.05, 0.1) is 17.1 Å². The lowest BCUT2D eigenvalue weighted by Crippen LogP contribution is -2.40. The lowest BCUT2D eigenvalue weighted by atomic mass is 10.1. The molecule has 0 aromatic heterocycles. The predicted octanol–water partition coefficient (Wildman–Crippen LogP) is 6.56. The largest absolute Gasteiger partial charge is 0.508 e. The van der Waals surface area contributed by atoms with Gasteiger partial charge in [0.1, 0.15) is 17.3 Å². The lowest BCUT2D eigenvalue weighted by molar-refractivity contribution is -0.136.